The number of ether oxygens (including phenoxy) is 2. The van der Waals surface area contributed by atoms with Gasteiger partial charge in [-0.2, -0.15) is 4.31 Å². The molecular weight excluding hydrogens is 420 g/mol. The van der Waals surface area contributed by atoms with Crippen LogP contribution in [0.15, 0.2) is 41.3 Å². The molecule has 2 aliphatic rings. The van der Waals surface area contributed by atoms with E-state index in [0.29, 0.717) is 43.5 Å². The number of rotatable bonds is 6. The fraction of sp³-hybridized carbons (Fsp3) is 0.476. The Labute approximate surface area is 182 Å². The lowest BCUT2D eigenvalue weighted by molar-refractivity contribution is 0.0525. The number of likely N-dealkylation sites (tertiary alicyclic amines) is 1. The lowest BCUT2D eigenvalue weighted by atomic mass is 10.1. The Bertz CT molecular complexity index is 1010. The summed E-state index contributed by atoms with van der Waals surface area (Å²) in [6.45, 7) is 2.16. The fourth-order valence-electron chi connectivity index (χ4n) is 3.90. The average molecular weight is 447 g/mol. The minimum atomic E-state index is -3.49. The zero-order valence-electron chi connectivity index (χ0n) is 17.4. The molecule has 2 fully saturated rings. The number of carbonyl (C=O) groups is 1. The van der Waals surface area contributed by atoms with E-state index >= 15 is 0 Å². The van der Waals surface area contributed by atoms with Crippen LogP contribution < -0.4 is 9.47 Å². The SMILES string of the molecule is COc1ccc(OC2CCCN(C(=O)c3ccc(S(=O)(=O)N4CCCC4)cc3)C2)nn1. The van der Waals surface area contributed by atoms with Crippen LogP contribution >= 0.6 is 0 Å². The molecule has 3 heterocycles. The summed E-state index contributed by atoms with van der Waals surface area (Å²) < 4.78 is 37.7. The van der Waals surface area contributed by atoms with Gasteiger partial charge >= 0.3 is 0 Å². The maximum absolute atomic E-state index is 13.0. The van der Waals surface area contributed by atoms with Gasteiger partial charge in [0.15, 0.2) is 0 Å². The summed E-state index contributed by atoms with van der Waals surface area (Å²) in [5.41, 5.74) is 0.463. The van der Waals surface area contributed by atoms with E-state index in [4.69, 9.17) is 9.47 Å². The van der Waals surface area contributed by atoms with Gasteiger partial charge in [-0.05, 0) is 49.9 Å². The van der Waals surface area contributed by atoms with Crippen LogP contribution in [0, 0.1) is 0 Å². The molecule has 2 aliphatic heterocycles. The van der Waals surface area contributed by atoms with Gasteiger partial charge in [-0.15, -0.1) is 10.2 Å². The third-order valence-corrected chi connectivity index (χ3v) is 7.49. The van der Waals surface area contributed by atoms with Gasteiger partial charge in [-0.3, -0.25) is 4.79 Å². The monoisotopic (exact) mass is 446 g/mol. The van der Waals surface area contributed by atoms with Crippen molar-refractivity contribution in [2.24, 2.45) is 0 Å². The molecule has 0 bridgehead atoms. The Morgan fingerprint density at radius 3 is 2.29 bits per heavy atom. The van der Waals surface area contributed by atoms with Crippen LogP contribution in [0.25, 0.3) is 0 Å². The van der Waals surface area contributed by atoms with Gasteiger partial charge in [0.05, 0.1) is 18.6 Å². The molecular formula is C21H26N4O5S. The zero-order chi connectivity index (χ0) is 21.8. The summed E-state index contributed by atoms with van der Waals surface area (Å²) in [5.74, 6) is 0.652. The van der Waals surface area contributed by atoms with Crippen LogP contribution in [0.5, 0.6) is 11.8 Å². The molecule has 166 valence electrons. The molecule has 1 unspecified atom stereocenters. The van der Waals surface area contributed by atoms with E-state index in [0.717, 1.165) is 25.7 Å². The van der Waals surface area contributed by atoms with E-state index in [2.05, 4.69) is 10.2 Å². The Balaban J connectivity index is 1.40. The third-order valence-electron chi connectivity index (χ3n) is 5.58. The standard InChI is InChI=1S/C21H26N4O5S/c1-29-19-10-11-20(23-22-19)30-17-5-4-12-24(15-17)21(26)16-6-8-18(9-7-16)31(27,28)25-13-2-3-14-25/h6-11,17H,2-5,12-15H2,1H3. The van der Waals surface area contributed by atoms with Crippen LogP contribution in [0.4, 0.5) is 0 Å². The van der Waals surface area contributed by atoms with E-state index in [1.54, 1.807) is 29.2 Å². The van der Waals surface area contributed by atoms with E-state index in [1.807, 2.05) is 0 Å². The maximum atomic E-state index is 13.0. The Hall–Kier alpha value is -2.72. The molecule has 0 radical (unpaired) electrons. The molecule has 0 spiro atoms. The molecule has 10 heteroatoms. The number of methoxy groups -OCH3 is 1. The smallest absolute Gasteiger partial charge is 0.253 e. The van der Waals surface area contributed by atoms with Gasteiger partial charge in [0, 0.05) is 37.3 Å². The molecule has 0 saturated carbocycles. The number of benzene rings is 1. The van der Waals surface area contributed by atoms with Crippen molar-refractivity contribution in [2.45, 2.75) is 36.7 Å². The second-order valence-corrected chi connectivity index (χ2v) is 9.62. The number of amides is 1. The van der Waals surface area contributed by atoms with Crippen molar-refractivity contribution < 1.29 is 22.7 Å². The first-order valence-corrected chi connectivity index (χ1v) is 11.9. The lowest BCUT2D eigenvalue weighted by Crippen LogP contribution is -2.44. The largest absolute Gasteiger partial charge is 0.480 e. The van der Waals surface area contributed by atoms with Crippen LogP contribution in [-0.2, 0) is 10.0 Å². The maximum Gasteiger partial charge on any atom is 0.253 e. The molecule has 2 aromatic rings. The molecule has 9 nitrogen and oxygen atoms in total. The van der Waals surface area contributed by atoms with Crippen LogP contribution in [0.3, 0.4) is 0 Å². The van der Waals surface area contributed by atoms with Gasteiger partial charge in [0.2, 0.25) is 21.8 Å². The van der Waals surface area contributed by atoms with Crippen LogP contribution in [0.1, 0.15) is 36.0 Å². The van der Waals surface area contributed by atoms with Crippen molar-refractivity contribution >= 4 is 15.9 Å². The number of hydrogen-bond acceptors (Lipinski definition) is 7. The van der Waals surface area contributed by atoms with E-state index in [1.165, 1.54) is 23.5 Å². The molecule has 4 rings (SSSR count). The van der Waals surface area contributed by atoms with Crippen LogP contribution in [0.2, 0.25) is 0 Å². The van der Waals surface area contributed by atoms with Crippen LogP contribution in [-0.4, -0.2) is 73.1 Å². The summed E-state index contributed by atoms with van der Waals surface area (Å²) in [4.78, 5) is 14.9. The van der Waals surface area contributed by atoms with E-state index < -0.39 is 10.0 Å². The average Bonchev–Trinajstić information content (AvgIpc) is 3.35. The van der Waals surface area contributed by atoms with E-state index in [-0.39, 0.29) is 16.9 Å². The second-order valence-electron chi connectivity index (χ2n) is 7.68. The summed E-state index contributed by atoms with van der Waals surface area (Å²) in [6.07, 6.45) is 3.20. The third kappa shape index (κ3) is 4.80. The van der Waals surface area contributed by atoms with E-state index in [9.17, 15) is 13.2 Å². The number of carbonyl (C=O) groups excluding carboxylic acids is 1. The topological polar surface area (TPSA) is 102 Å². The van der Waals surface area contributed by atoms with Crippen molar-refractivity contribution in [2.75, 3.05) is 33.3 Å². The number of hydrogen-bond donors (Lipinski definition) is 0. The number of nitrogens with zero attached hydrogens (tertiary/aromatic N) is 4. The number of aromatic nitrogens is 2. The predicted octanol–water partition coefficient (Wildman–Crippen LogP) is 1.95. The summed E-state index contributed by atoms with van der Waals surface area (Å²) in [6, 6.07) is 9.57. The van der Waals surface area contributed by atoms with Gasteiger partial charge in [-0.25, -0.2) is 8.42 Å². The van der Waals surface area contributed by atoms with Gasteiger partial charge in [0.25, 0.3) is 5.91 Å². The highest BCUT2D eigenvalue weighted by Gasteiger charge is 2.29. The first-order valence-electron chi connectivity index (χ1n) is 10.4. The molecule has 0 aliphatic carbocycles. The van der Waals surface area contributed by atoms with Crippen molar-refractivity contribution in [1.29, 1.82) is 0 Å². The highest BCUT2D eigenvalue weighted by Crippen LogP contribution is 2.23. The molecule has 1 aromatic carbocycles. The highest BCUT2D eigenvalue weighted by molar-refractivity contribution is 7.89. The predicted molar refractivity (Wildman–Crippen MR) is 113 cm³/mol. The van der Waals surface area contributed by atoms with Crippen molar-refractivity contribution in [3.8, 4) is 11.8 Å². The molecule has 1 amide bonds. The molecule has 1 aromatic heterocycles. The molecule has 2 saturated heterocycles. The molecule has 1 atom stereocenters. The second kappa shape index (κ2) is 9.19. The van der Waals surface area contributed by atoms with Crippen molar-refractivity contribution in [1.82, 2.24) is 19.4 Å². The minimum Gasteiger partial charge on any atom is -0.480 e. The minimum absolute atomic E-state index is 0.140. The zero-order valence-corrected chi connectivity index (χ0v) is 18.3. The summed E-state index contributed by atoms with van der Waals surface area (Å²) in [5, 5.41) is 7.87. The molecule has 31 heavy (non-hydrogen) atoms. The van der Waals surface area contributed by atoms with Gasteiger partial charge in [-0.1, -0.05) is 0 Å². The normalized spacial score (nSPS) is 19.9. The first kappa shape index (κ1) is 21.5. The first-order chi connectivity index (χ1) is 15.0. The van der Waals surface area contributed by atoms with Crippen molar-refractivity contribution in [3.63, 3.8) is 0 Å². The Kier molecular flexibility index (Phi) is 6.38. The Morgan fingerprint density at radius 2 is 1.65 bits per heavy atom. The highest BCUT2D eigenvalue weighted by atomic mass is 32.2. The molecule has 0 N–H and O–H groups in total. The Morgan fingerprint density at radius 1 is 0.968 bits per heavy atom. The quantitative estimate of drug-likeness (QED) is 0.668. The number of piperidine rings is 1. The number of sulfonamides is 1. The summed E-state index contributed by atoms with van der Waals surface area (Å²) >= 11 is 0. The van der Waals surface area contributed by atoms with Gasteiger partial charge < -0.3 is 14.4 Å². The van der Waals surface area contributed by atoms with Crippen molar-refractivity contribution in [3.05, 3.63) is 42.0 Å². The van der Waals surface area contributed by atoms with Gasteiger partial charge in [0.1, 0.15) is 6.10 Å². The lowest BCUT2D eigenvalue weighted by Gasteiger charge is -2.32. The fourth-order valence-corrected chi connectivity index (χ4v) is 5.42. The summed E-state index contributed by atoms with van der Waals surface area (Å²) in [7, 11) is -1.97.